The third-order valence-electron chi connectivity index (χ3n) is 3.51. The SMILES string of the molecule is O=C(Cn1c(=O)oc2ccccc21)NCc1ccc([N+](=O)[O-])cc1. The van der Waals surface area contributed by atoms with Crippen molar-refractivity contribution in [3.8, 4) is 0 Å². The number of nitro groups is 1. The normalized spacial score (nSPS) is 10.7. The van der Waals surface area contributed by atoms with Gasteiger partial charge in [-0.05, 0) is 17.7 Å². The Labute approximate surface area is 135 Å². The second kappa shape index (κ2) is 6.37. The molecule has 2 aromatic carbocycles. The maximum absolute atomic E-state index is 12.0. The lowest BCUT2D eigenvalue weighted by Gasteiger charge is -2.06. The molecular formula is C16H13N3O5. The van der Waals surface area contributed by atoms with E-state index in [4.69, 9.17) is 4.42 Å². The number of amides is 1. The molecule has 8 nitrogen and oxygen atoms in total. The molecule has 0 unspecified atom stereocenters. The number of hydrogen-bond acceptors (Lipinski definition) is 5. The Morgan fingerprint density at radius 1 is 1.17 bits per heavy atom. The molecule has 0 radical (unpaired) electrons. The number of nitrogens with zero attached hydrogens (tertiary/aromatic N) is 2. The molecule has 0 atom stereocenters. The number of hydrogen-bond donors (Lipinski definition) is 1. The highest BCUT2D eigenvalue weighted by Crippen LogP contribution is 2.12. The molecule has 0 aliphatic heterocycles. The summed E-state index contributed by atoms with van der Waals surface area (Å²) in [6.45, 7) is 0.0458. The molecule has 1 aromatic heterocycles. The van der Waals surface area contributed by atoms with E-state index in [-0.39, 0.29) is 24.7 Å². The summed E-state index contributed by atoms with van der Waals surface area (Å²) in [5.41, 5.74) is 1.68. The Bertz CT molecular complexity index is 956. The van der Waals surface area contributed by atoms with E-state index in [2.05, 4.69) is 5.32 Å². The van der Waals surface area contributed by atoms with Crippen LogP contribution in [0, 0.1) is 10.1 Å². The first-order chi connectivity index (χ1) is 11.5. The summed E-state index contributed by atoms with van der Waals surface area (Å²) in [7, 11) is 0. The molecule has 3 aromatic rings. The lowest BCUT2D eigenvalue weighted by molar-refractivity contribution is -0.384. The van der Waals surface area contributed by atoms with E-state index < -0.39 is 10.7 Å². The first-order valence-corrected chi connectivity index (χ1v) is 7.13. The zero-order valence-corrected chi connectivity index (χ0v) is 12.5. The summed E-state index contributed by atoms with van der Waals surface area (Å²) in [6, 6.07) is 12.7. The zero-order valence-electron chi connectivity index (χ0n) is 12.5. The van der Waals surface area contributed by atoms with Gasteiger partial charge in [-0.15, -0.1) is 0 Å². The average molecular weight is 327 g/mol. The molecule has 0 aliphatic rings. The van der Waals surface area contributed by atoms with Gasteiger partial charge in [0.05, 0.1) is 10.4 Å². The Morgan fingerprint density at radius 3 is 2.58 bits per heavy atom. The monoisotopic (exact) mass is 327 g/mol. The van der Waals surface area contributed by atoms with Crippen molar-refractivity contribution in [2.45, 2.75) is 13.1 Å². The van der Waals surface area contributed by atoms with Crippen LogP contribution in [0.1, 0.15) is 5.56 Å². The number of nitrogens with one attached hydrogen (secondary N) is 1. The molecule has 3 rings (SSSR count). The number of aromatic nitrogens is 1. The largest absolute Gasteiger partial charge is 0.420 e. The van der Waals surface area contributed by atoms with E-state index in [1.807, 2.05) is 0 Å². The van der Waals surface area contributed by atoms with E-state index in [0.717, 1.165) is 5.56 Å². The van der Waals surface area contributed by atoms with E-state index in [0.29, 0.717) is 11.1 Å². The average Bonchev–Trinajstić information content (AvgIpc) is 2.89. The Hall–Kier alpha value is -3.42. The van der Waals surface area contributed by atoms with Gasteiger partial charge in [0.25, 0.3) is 5.69 Å². The van der Waals surface area contributed by atoms with Crippen LogP contribution in [-0.2, 0) is 17.9 Å². The molecule has 0 aliphatic carbocycles. The van der Waals surface area contributed by atoms with E-state index in [1.54, 1.807) is 36.4 Å². The minimum atomic E-state index is -0.596. The third kappa shape index (κ3) is 3.17. The standard InChI is InChI=1S/C16H13N3O5/c20-15(17-9-11-5-7-12(8-6-11)19(22)23)10-18-13-3-1-2-4-14(13)24-16(18)21/h1-8H,9-10H2,(H,17,20). The summed E-state index contributed by atoms with van der Waals surface area (Å²) < 4.78 is 6.31. The molecule has 0 saturated carbocycles. The van der Waals surface area contributed by atoms with Crippen LogP contribution >= 0.6 is 0 Å². The summed E-state index contributed by atoms with van der Waals surface area (Å²) in [4.78, 5) is 33.9. The molecule has 0 bridgehead atoms. The maximum atomic E-state index is 12.0. The summed E-state index contributed by atoms with van der Waals surface area (Å²) >= 11 is 0. The van der Waals surface area contributed by atoms with Gasteiger partial charge in [0, 0.05) is 18.7 Å². The van der Waals surface area contributed by atoms with Crippen LogP contribution in [0.15, 0.2) is 57.7 Å². The van der Waals surface area contributed by atoms with Gasteiger partial charge in [0.2, 0.25) is 5.91 Å². The molecule has 1 heterocycles. The van der Waals surface area contributed by atoms with Crippen LogP contribution in [0.4, 0.5) is 5.69 Å². The van der Waals surface area contributed by atoms with Gasteiger partial charge >= 0.3 is 5.76 Å². The van der Waals surface area contributed by atoms with Crippen molar-refractivity contribution in [3.63, 3.8) is 0 Å². The highest BCUT2D eigenvalue weighted by Gasteiger charge is 2.12. The van der Waals surface area contributed by atoms with Crippen molar-refractivity contribution in [3.05, 3.63) is 74.8 Å². The number of rotatable bonds is 5. The molecule has 0 fully saturated rings. The van der Waals surface area contributed by atoms with Crippen molar-refractivity contribution < 1.29 is 14.1 Å². The molecule has 0 saturated heterocycles. The Kier molecular flexibility index (Phi) is 4.11. The highest BCUT2D eigenvalue weighted by molar-refractivity contribution is 5.79. The van der Waals surface area contributed by atoms with Crippen LogP contribution < -0.4 is 11.1 Å². The fourth-order valence-electron chi connectivity index (χ4n) is 2.30. The number of para-hydroxylation sites is 2. The summed E-state index contributed by atoms with van der Waals surface area (Å²) in [5, 5.41) is 13.3. The number of carbonyl (C=O) groups is 1. The van der Waals surface area contributed by atoms with E-state index >= 15 is 0 Å². The highest BCUT2D eigenvalue weighted by atomic mass is 16.6. The van der Waals surface area contributed by atoms with Crippen molar-refractivity contribution in [2.24, 2.45) is 0 Å². The first-order valence-electron chi connectivity index (χ1n) is 7.13. The van der Waals surface area contributed by atoms with Gasteiger partial charge in [0.15, 0.2) is 5.58 Å². The van der Waals surface area contributed by atoms with Crippen LogP contribution in [0.5, 0.6) is 0 Å². The number of non-ortho nitro benzene ring substituents is 1. The first kappa shape index (κ1) is 15.5. The van der Waals surface area contributed by atoms with Crippen LogP contribution in [0.25, 0.3) is 11.1 Å². The second-order valence-electron chi connectivity index (χ2n) is 5.12. The number of carbonyl (C=O) groups excluding carboxylic acids is 1. The topological polar surface area (TPSA) is 107 Å². The number of fused-ring (bicyclic) bond motifs is 1. The van der Waals surface area contributed by atoms with Gasteiger partial charge in [-0.25, -0.2) is 4.79 Å². The third-order valence-corrected chi connectivity index (χ3v) is 3.51. The van der Waals surface area contributed by atoms with Crippen molar-refractivity contribution in [2.75, 3.05) is 0 Å². The quantitative estimate of drug-likeness (QED) is 0.568. The predicted octanol–water partition coefficient (Wildman–Crippen LogP) is 1.82. The van der Waals surface area contributed by atoms with Crippen molar-refractivity contribution >= 4 is 22.7 Å². The van der Waals surface area contributed by atoms with Crippen molar-refractivity contribution in [1.29, 1.82) is 0 Å². The predicted molar refractivity (Wildman–Crippen MR) is 85.4 cm³/mol. The molecule has 8 heteroatoms. The second-order valence-corrected chi connectivity index (χ2v) is 5.12. The molecular weight excluding hydrogens is 314 g/mol. The lowest BCUT2D eigenvalue weighted by atomic mass is 10.2. The number of nitro benzene ring substituents is 1. The zero-order chi connectivity index (χ0) is 17.1. The van der Waals surface area contributed by atoms with Gasteiger partial charge in [-0.3, -0.25) is 19.5 Å². The smallest absolute Gasteiger partial charge is 0.408 e. The Morgan fingerprint density at radius 2 is 1.88 bits per heavy atom. The number of benzene rings is 2. The molecule has 1 amide bonds. The van der Waals surface area contributed by atoms with E-state index in [1.165, 1.54) is 16.7 Å². The fourth-order valence-corrected chi connectivity index (χ4v) is 2.30. The minimum Gasteiger partial charge on any atom is -0.408 e. The van der Waals surface area contributed by atoms with Crippen LogP contribution in [-0.4, -0.2) is 15.4 Å². The minimum absolute atomic E-state index is 0.0125. The molecule has 122 valence electrons. The summed E-state index contributed by atoms with van der Waals surface area (Å²) in [5.74, 6) is -0.955. The molecule has 0 spiro atoms. The van der Waals surface area contributed by atoms with Gasteiger partial charge < -0.3 is 9.73 Å². The van der Waals surface area contributed by atoms with Crippen molar-refractivity contribution in [1.82, 2.24) is 9.88 Å². The molecule has 24 heavy (non-hydrogen) atoms. The fraction of sp³-hybridized carbons (Fsp3) is 0.125. The van der Waals surface area contributed by atoms with Gasteiger partial charge in [-0.1, -0.05) is 24.3 Å². The summed E-state index contributed by atoms with van der Waals surface area (Å²) in [6.07, 6.45) is 0. The lowest BCUT2D eigenvalue weighted by Crippen LogP contribution is -2.30. The Balaban J connectivity index is 1.66. The van der Waals surface area contributed by atoms with Gasteiger partial charge in [-0.2, -0.15) is 0 Å². The molecule has 1 N–H and O–H groups in total. The van der Waals surface area contributed by atoms with Crippen LogP contribution in [0.2, 0.25) is 0 Å². The van der Waals surface area contributed by atoms with Gasteiger partial charge in [0.1, 0.15) is 6.54 Å². The maximum Gasteiger partial charge on any atom is 0.420 e. The van der Waals surface area contributed by atoms with E-state index in [9.17, 15) is 19.7 Å². The van der Waals surface area contributed by atoms with Crippen LogP contribution in [0.3, 0.4) is 0 Å². The number of oxazole rings is 1.